The van der Waals surface area contributed by atoms with Crippen LogP contribution in [0.3, 0.4) is 0 Å². The number of carbonyl (C=O) groups excluding carboxylic acids is 1. The summed E-state index contributed by atoms with van der Waals surface area (Å²) < 4.78 is 8.03. The molecule has 1 fully saturated rings. The zero-order valence-electron chi connectivity index (χ0n) is 8.68. The molecule has 15 heavy (non-hydrogen) atoms. The Bertz CT molecular complexity index is 413. The highest BCUT2D eigenvalue weighted by atomic mass is 16.5. The molecule has 0 radical (unpaired) electrons. The van der Waals surface area contributed by atoms with Crippen LogP contribution in [0.15, 0.2) is 17.2 Å². The molecule has 0 bridgehead atoms. The van der Waals surface area contributed by atoms with E-state index in [1.807, 2.05) is 0 Å². The third kappa shape index (κ3) is 2.02. The summed E-state index contributed by atoms with van der Waals surface area (Å²) in [5.41, 5.74) is -0.151. The van der Waals surface area contributed by atoms with Gasteiger partial charge in [0.05, 0.1) is 13.2 Å². The first-order valence-electron chi connectivity index (χ1n) is 5.00. The fraction of sp³-hybridized carbons (Fsp3) is 0.600. The van der Waals surface area contributed by atoms with Gasteiger partial charge in [0.1, 0.15) is 0 Å². The van der Waals surface area contributed by atoms with Gasteiger partial charge in [0, 0.05) is 32.0 Å². The summed E-state index contributed by atoms with van der Waals surface area (Å²) in [5.74, 6) is 0.0536. The van der Waals surface area contributed by atoms with E-state index in [9.17, 15) is 9.59 Å². The Balaban J connectivity index is 2.05. The van der Waals surface area contributed by atoms with Crippen molar-refractivity contribution in [3.05, 3.63) is 22.9 Å². The summed E-state index contributed by atoms with van der Waals surface area (Å²) in [6.07, 6.45) is 4.07. The molecule has 1 unspecified atom stereocenters. The minimum atomic E-state index is -0.151. The van der Waals surface area contributed by atoms with Crippen molar-refractivity contribution in [1.82, 2.24) is 9.13 Å². The van der Waals surface area contributed by atoms with Crippen molar-refractivity contribution >= 4 is 5.78 Å². The van der Waals surface area contributed by atoms with Gasteiger partial charge in [0.15, 0.2) is 5.78 Å². The van der Waals surface area contributed by atoms with Crippen LogP contribution in [0.4, 0.5) is 0 Å². The maximum Gasteiger partial charge on any atom is 0.328 e. The predicted molar refractivity (Wildman–Crippen MR) is 53.6 cm³/mol. The molecule has 1 aromatic rings. The Morgan fingerprint density at radius 3 is 2.93 bits per heavy atom. The lowest BCUT2D eigenvalue weighted by atomic mass is 10.0. The monoisotopic (exact) mass is 210 g/mol. The number of aromatic nitrogens is 2. The molecule has 1 aliphatic rings. The van der Waals surface area contributed by atoms with Gasteiger partial charge < -0.3 is 9.30 Å². The molecule has 0 N–H and O–H groups in total. The van der Waals surface area contributed by atoms with E-state index in [2.05, 4.69) is 0 Å². The number of rotatable bonds is 3. The zero-order chi connectivity index (χ0) is 10.8. The minimum Gasteiger partial charge on any atom is -0.381 e. The molecule has 0 aliphatic carbocycles. The molecule has 0 amide bonds. The normalized spacial score (nSPS) is 20.7. The summed E-state index contributed by atoms with van der Waals surface area (Å²) in [6.45, 7) is 1.31. The molecule has 2 rings (SSSR count). The van der Waals surface area contributed by atoms with Crippen molar-refractivity contribution < 1.29 is 9.53 Å². The Hall–Kier alpha value is -1.36. The molecule has 1 aromatic heterocycles. The SMILES string of the molecule is Cn1ccn(CC(=O)C2CCOC2)c1=O. The van der Waals surface area contributed by atoms with Crippen LogP contribution in [-0.2, 0) is 23.1 Å². The fourth-order valence-corrected chi connectivity index (χ4v) is 1.72. The maximum absolute atomic E-state index is 11.7. The van der Waals surface area contributed by atoms with E-state index in [1.165, 1.54) is 9.13 Å². The predicted octanol–water partition coefficient (Wildman–Crippen LogP) is -0.208. The number of ether oxygens (including phenoxy) is 1. The zero-order valence-corrected chi connectivity index (χ0v) is 8.68. The van der Waals surface area contributed by atoms with Crippen LogP contribution in [0.25, 0.3) is 0 Å². The van der Waals surface area contributed by atoms with Gasteiger partial charge in [-0.1, -0.05) is 0 Å². The van der Waals surface area contributed by atoms with E-state index in [1.54, 1.807) is 19.4 Å². The molecule has 0 aromatic carbocycles. The van der Waals surface area contributed by atoms with Crippen molar-refractivity contribution in [3.63, 3.8) is 0 Å². The van der Waals surface area contributed by atoms with Crippen molar-refractivity contribution in [2.24, 2.45) is 13.0 Å². The number of imidazole rings is 1. The van der Waals surface area contributed by atoms with E-state index < -0.39 is 0 Å². The van der Waals surface area contributed by atoms with Gasteiger partial charge in [-0.05, 0) is 6.42 Å². The smallest absolute Gasteiger partial charge is 0.328 e. The van der Waals surface area contributed by atoms with E-state index in [-0.39, 0.29) is 23.9 Å². The number of ketones is 1. The minimum absolute atomic E-state index is 0.0305. The molecule has 2 heterocycles. The first-order valence-corrected chi connectivity index (χ1v) is 5.00. The highest BCUT2D eigenvalue weighted by molar-refractivity contribution is 5.81. The summed E-state index contributed by atoms with van der Waals surface area (Å²) in [4.78, 5) is 23.2. The third-order valence-corrected chi connectivity index (χ3v) is 2.73. The van der Waals surface area contributed by atoms with Crippen LogP contribution in [0.1, 0.15) is 6.42 Å². The molecular weight excluding hydrogens is 196 g/mol. The summed E-state index contributed by atoms with van der Waals surface area (Å²) in [7, 11) is 1.67. The lowest BCUT2D eigenvalue weighted by Gasteiger charge is -2.05. The molecule has 82 valence electrons. The highest BCUT2D eigenvalue weighted by Crippen LogP contribution is 2.13. The fourth-order valence-electron chi connectivity index (χ4n) is 1.72. The molecule has 1 saturated heterocycles. The number of nitrogens with zero attached hydrogens (tertiary/aromatic N) is 2. The van der Waals surface area contributed by atoms with Crippen LogP contribution in [0, 0.1) is 5.92 Å². The largest absolute Gasteiger partial charge is 0.381 e. The van der Waals surface area contributed by atoms with Crippen LogP contribution in [0.5, 0.6) is 0 Å². The molecular formula is C10H14N2O3. The second-order valence-electron chi connectivity index (χ2n) is 3.85. The van der Waals surface area contributed by atoms with E-state index in [0.717, 1.165) is 6.42 Å². The number of hydrogen-bond acceptors (Lipinski definition) is 3. The molecule has 5 nitrogen and oxygen atoms in total. The van der Waals surface area contributed by atoms with E-state index >= 15 is 0 Å². The van der Waals surface area contributed by atoms with Crippen LogP contribution < -0.4 is 5.69 Å². The molecule has 1 aliphatic heterocycles. The highest BCUT2D eigenvalue weighted by Gasteiger charge is 2.23. The van der Waals surface area contributed by atoms with Gasteiger partial charge in [-0.3, -0.25) is 9.36 Å². The first kappa shape index (κ1) is 10.2. The van der Waals surface area contributed by atoms with Crippen LogP contribution in [-0.4, -0.2) is 28.1 Å². The Morgan fingerprint density at radius 2 is 2.40 bits per heavy atom. The average molecular weight is 210 g/mol. The van der Waals surface area contributed by atoms with Crippen molar-refractivity contribution in [2.75, 3.05) is 13.2 Å². The Kier molecular flexibility index (Phi) is 2.73. The van der Waals surface area contributed by atoms with Gasteiger partial charge in [0.25, 0.3) is 0 Å². The average Bonchev–Trinajstić information content (AvgIpc) is 2.83. The van der Waals surface area contributed by atoms with Gasteiger partial charge >= 0.3 is 5.69 Å². The van der Waals surface area contributed by atoms with Crippen molar-refractivity contribution in [1.29, 1.82) is 0 Å². The number of carbonyl (C=O) groups is 1. The maximum atomic E-state index is 11.7. The van der Waals surface area contributed by atoms with Crippen LogP contribution in [0.2, 0.25) is 0 Å². The quantitative estimate of drug-likeness (QED) is 0.693. The molecule has 1 atom stereocenters. The van der Waals surface area contributed by atoms with Gasteiger partial charge in [0.2, 0.25) is 0 Å². The standard InChI is InChI=1S/C10H14N2O3/c1-11-3-4-12(10(11)14)6-9(13)8-2-5-15-7-8/h3-4,8H,2,5-7H2,1H3. The molecule has 5 heteroatoms. The van der Waals surface area contributed by atoms with Gasteiger partial charge in [-0.2, -0.15) is 0 Å². The second-order valence-corrected chi connectivity index (χ2v) is 3.85. The second kappa shape index (κ2) is 4.02. The third-order valence-electron chi connectivity index (χ3n) is 2.73. The van der Waals surface area contributed by atoms with Gasteiger partial charge in [-0.25, -0.2) is 4.79 Å². The molecule has 0 saturated carbocycles. The summed E-state index contributed by atoms with van der Waals surface area (Å²) in [5, 5.41) is 0. The first-order chi connectivity index (χ1) is 7.18. The Morgan fingerprint density at radius 1 is 1.60 bits per heavy atom. The number of Topliss-reactive ketones (excluding diaryl/α,β-unsaturated/α-hetero) is 1. The topological polar surface area (TPSA) is 53.2 Å². The molecule has 0 spiro atoms. The van der Waals surface area contributed by atoms with E-state index in [0.29, 0.717) is 13.2 Å². The summed E-state index contributed by atoms with van der Waals surface area (Å²) >= 11 is 0. The lowest BCUT2D eigenvalue weighted by molar-refractivity contribution is -0.123. The number of hydrogen-bond donors (Lipinski definition) is 0. The van der Waals surface area contributed by atoms with Gasteiger partial charge in [-0.15, -0.1) is 0 Å². The lowest BCUT2D eigenvalue weighted by Crippen LogP contribution is -2.28. The van der Waals surface area contributed by atoms with Crippen molar-refractivity contribution in [2.45, 2.75) is 13.0 Å². The van der Waals surface area contributed by atoms with E-state index in [4.69, 9.17) is 4.74 Å². The Labute approximate surface area is 87.3 Å². The summed E-state index contributed by atoms with van der Waals surface area (Å²) in [6, 6.07) is 0. The van der Waals surface area contributed by atoms with Crippen LogP contribution >= 0.6 is 0 Å². The van der Waals surface area contributed by atoms with Crippen molar-refractivity contribution in [3.8, 4) is 0 Å². The number of aryl methyl sites for hydroxylation is 1.